The SMILES string of the molecule is CCOC(=O)[C@@](C#N)(C#Cc1ccccc1)NC(=O)OCc1ccccc1. The lowest BCUT2D eigenvalue weighted by Crippen LogP contribution is -2.53. The Morgan fingerprint density at radius 1 is 1.04 bits per heavy atom. The Labute approximate surface area is 157 Å². The monoisotopic (exact) mass is 362 g/mol. The zero-order chi connectivity index (χ0) is 19.5. The quantitative estimate of drug-likeness (QED) is 0.653. The molecule has 0 bridgehead atoms. The van der Waals surface area contributed by atoms with Gasteiger partial charge in [-0.2, -0.15) is 5.26 Å². The molecule has 1 N–H and O–H groups in total. The lowest BCUT2D eigenvalue weighted by atomic mass is 10.0. The summed E-state index contributed by atoms with van der Waals surface area (Å²) in [7, 11) is 0. The number of nitrogens with one attached hydrogen (secondary N) is 1. The van der Waals surface area contributed by atoms with Gasteiger partial charge in [-0.05, 0) is 30.5 Å². The fourth-order valence-corrected chi connectivity index (χ4v) is 2.07. The Hall–Kier alpha value is -3.77. The minimum absolute atomic E-state index is 0.0108. The third-order valence-electron chi connectivity index (χ3n) is 3.42. The molecule has 0 fully saturated rings. The average Bonchev–Trinajstić information content (AvgIpc) is 2.71. The summed E-state index contributed by atoms with van der Waals surface area (Å²) >= 11 is 0. The molecule has 136 valence electrons. The summed E-state index contributed by atoms with van der Waals surface area (Å²) in [5.41, 5.74) is -0.817. The molecule has 27 heavy (non-hydrogen) atoms. The number of rotatable bonds is 5. The van der Waals surface area contributed by atoms with Crippen LogP contribution in [0, 0.1) is 23.2 Å². The average molecular weight is 362 g/mol. The summed E-state index contributed by atoms with van der Waals surface area (Å²) in [5.74, 6) is 4.26. The van der Waals surface area contributed by atoms with Crippen LogP contribution in [0.4, 0.5) is 4.79 Å². The highest BCUT2D eigenvalue weighted by molar-refractivity contribution is 5.93. The molecule has 0 spiro atoms. The minimum Gasteiger partial charge on any atom is -0.463 e. The van der Waals surface area contributed by atoms with Crippen molar-refractivity contribution in [3.8, 4) is 17.9 Å². The molecule has 0 aliphatic heterocycles. The molecule has 6 heteroatoms. The van der Waals surface area contributed by atoms with Gasteiger partial charge < -0.3 is 9.47 Å². The molecule has 0 unspecified atom stereocenters. The zero-order valence-electron chi connectivity index (χ0n) is 14.8. The lowest BCUT2D eigenvalue weighted by molar-refractivity contribution is -0.146. The predicted octanol–water partition coefficient (Wildman–Crippen LogP) is 2.79. The van der Waals surface area contributed by atoms with Crippen LogP contribution in [0.15, 0.2) is 60.7 Å². The van der Waals surface area contributed by atoms with Crippen LogP contribution < -0.4 is 5.32 Å². The number of benzene rings is 2. The Kier molecular flexibility index (Phi) is 6.99. The smallest absolute Gasteiger partial charge is 0.409 e. The number of hydrogen-bond donors (Lipinski definition) is 1. The number of nitrogens with zero attached hydrogens (tertiary/aromatic N) is 1. The van der Waals surface area contributed by atoms with E-state index in [0.717, 1.165) is 5.56 Å². The van der Waals surface area contributed by atoms with Crippen molar-refractivity contribution >= 4 is 12.1 Å². The Morgan fingerprint density at radius 3 is 2.26 bits per heavy atom. The molecule has 6 nitrogen and oxygen atoms in total. The maximum atomic E-state index is 12.3. The molecule has 0 saturated carbocycles. The number of carbonyl (C=O) groups is 2. The van der Waals surface area contributed by atoms with E-state index in [0.29, 0.717) is 5.56 Å². The highest BCUT2D eigenvalue weighted by Crippen LogP contribution is 2.09. The van der Waals surface area contributed by atoms with Crippen molar-refractivity contribution in [1.29, 1.82) is 5.26 Å². The fourth-order valence-electron chi connectivity index (χ4n) is 2.07. The van der Waals surface area contributed by atoms with Crippen LogP contribution in [0.25, 0.3) is 0 Å². The van der Waals surface area contributed by atoms with E-state index in [2.05, 4.69) is 17.2 Å². The number of carbonyl (C=O) groups excluding carboxylic acids is 2. The first-order valence-electron chi connectivity index (χ1n) is 8.25. The summed E-state index contributed by atoms with van der Waals surface area (Å²) in [5, 5.41) is 11.8. The van der Waals surface area contributed by atoms with Crippen molar-refractivity contribution in [2.45, 2.75) is 19.1 Å². The van der Waals surface area contributed by atoms with E-state index in [9.17, 15) is 14.9 Å². The summed E-state index contributed by atoms with van der Waals surface area (Å²) in [6.07, 6.45) is -0.948. The van der Waals surface area contributed by atoms with Gasteiger partial charge in [0.15, 0.2) is 0 Å². The van der Waals surface area contributed by atoms with Crippen molar-refractivity contribution in [3.05, 3.63) is 71.8 Å². The molecule has 0 aromatic heterocycles. The molecule has 1 atom stereocenters. The van der Waals surface area contributed by atoms with Crippen molar-refractivity contribution in [2.75, 3.05) is 6.61 Å². The van der Waals surface area contributed by atoms with Crippen LogP contribution in [0.5, 0.6) is 0 Å². The van der Waals surface area contributed by atoms with Gasteiger partial charge in [-0.15, -0.1) is 0 Å². The van der Waals surface area contributed by atoms with Gasteiger partial charge in [0.25, 0.3) is 5.54 Å². The molecule has 0 radical (unpaired) electrons. The number of nitriles is 1. The molecule has 1 amide bonds. The Bertz CT molecular complexity index is 879. The van der Waals surface area contributed by atoms with Crippen molar-refractivity contribution in [3.63, 3.8) is 0 Å². The van der Waals surface area contributed by atoms with E-state index in [-0.39, 0.29) is 13.2 Å². The van der Waals surface area contributed by atoms with Gasteiger partial charge in [-0.3, -0.25) is 5.32 Å². The standard InChI is InChI=1S/C21H18N2O4/c1-2-26-19(24)21(16-22,14-13-17-9-5-3-6-10-17)23-20(25)27-15-18-11-7-4-8-12-18/h3-12H,2,15H2,1H3,(H,23,25)/t21-/m0/s1. The van der Waals surface area contributed by atoms with E-state index >= 15 is 0 Å². The Balaban J connectivity index is 2.19. The molecule has 2 aromatic rings. The molecule has 2 aromatic carbocycles. The summed E-state index contributed by atoms with van der Waals surface area (Å²) in [6.45, 7) is 1.62. The van der Waals surface area contributed by atoms with Crippen LogP contribution in [-0.2, 0) is 20.9 Å². The number of esters is 1. The number of ether oxygens (including phenoxy) is 2. The largest absolute Gasteiger partial charge is 0.463 e. The van der Waals surface area contributed by atoms with Crippen LogP contribution >= 0.6 is 0 Å². The van der Waals surface area contributed by atoms with Crippen LogP contribution in [0.3, 0.4) is 0 Å². The van der Waals surface area contributed by atoms with Gasteiger partial charge in [-0.25, -0.2) is 9.59 Å². The van der Waals surface area contributed by atoms with Gasteiger partial charge >= 0.3 is 12.1 Å². The van der Waals surface area contributed by atoms with Crippen LogP contribution in [0.2, 0.25) is 0 Å². The molecule has 0 aliphatic carbocycles. The number of alkyl carbamates (subject to hydrolysis) is 1. The first-order valence-corrected chi connectivity index (χ1v) is 8.25. The predicted molar refractivity (Wildman–Crippen MR) is 98.1 cm³/mol. The number of amides is 1. The second kappa shape index (κ2) is 9.65. The van der Waals surface area contributed by atoms with Gasteiger partial charge in [0.1, 0.15) is 12.7 Å². The second-order valence-electron chi connectivity index (χ2n) is 5.39. The summed E-state index contributed by atoms with van der Waals surface area (Å²) < 4.78 is 10.0. The van der Waals surface area contributed by atoms with Gasteiger partial charge in [0.2, 0.25) is 0 Å². The number of hydrogen-bond acceptors (Lipinski definition) is 5. The third-order valence-corrected chi connectivity index (χ3v) is 3.42. The topological polar surface area (TPSA) is 88.4 Å². The molecular formula is C21H18N2O4. The lowest BCUT2D eigenvalue weighted by Gasteiger charge is -2.19. The van der Waals surface area contributed by atoms with Crippen molar-refractivity contribution < 1.29 is 19.1 Å². The first kappa shape index (κ1) is 19.6. The van der Waals surface area contributed by atoms with E-state index in [1.54, 1.807) is 61.5 Å². The zero-order valence-corrected chi connectivity index (χ0v) is 14.8. The van der Waals surface area contributed by atoms with Crippen LogP contribution in [-0.4, -0.2) is 24.2 Å². The summed E-state index contributed by atoms with van der Waals surface area (Å²) in [6, 6.07) is 19.5. The third kappa shape index (κ3) is 5.62. The molecule has 2 rings (SSSR count). The first-order chi connectivity index (χ1) is 13.1. The normalized spacial score (nSPS) is 11.7. The van der Waals surface area contributed by atoms with Gasteiger partial charge in [0, 0.05) is 5.56 Å². The van der Waals surface area contributed by atoms with E-state index in [1.807, 2.05) is 12.1 Å². The minimum atomic E-state index is -2.17. The molecule has 0 heterocycles. The molecular weight excluding hydrogens is 344 g/mol. The van der Waals surface area contributed by atoms with E-state index < -0.39 is 17.6 Å². The second-order valence-corrected chi connectivity index (χ2v) is 5.39. The highest BCUT2D eigenvalue weighted by atomic mass is 16.6. The molecule has 0 aliphatic rings. The van der Waals surface area contributed by atoms with Gasteiger partial charge in [-0.1, -0.05) is 54.5 Å². The maximum Gasteiger partial charge on any atom is 0.409 e. The van der Waals surface area contributed by atoms with Crippen molar-refractivity contribution in [2.24, 2.45) is 0 Å². The van der Waals surface area contributed by atoms with Gasteiger partial charge in [0.05, 0.1) is 6.61 Å². The van der Waals surface area contributed by atoms with E-state index in [4.69, 9.17) is 9.47 Å². The highest BCUT2D eigenvalue weighted by Gasteiger charge is 2.41. The molecule has 0 saturated heterocycles. The maximum absolute atomic E-state index is 12.3. The van der Waals surface area contributed by atoms with Crippen molar-refractivity contribution in [1.82, 2.24) is 5.32 Å². The van der Waals surface area contributed by atoms with Crippen LogP contribution in [0.1, 0.15) is 18.1 Å². The fraction of sp³-hybridized carbons (Fsp3) is 0.190. The van der Waals surface area contributed by atoms with E-state index in [1.165, 1.54) is 0 Å². The Morgan fingerprint density at radius 2 is 1.67 bits per heavy atom. The summed E-state index contributed by atoms with van der Waals surface area (Å²) in [4.78, 5) is 24.5.